The molecule has 1 saturated heterocycles. The number of nitrogens with one attached hydrogen (secondary N) is 1. The molecule has 1 heterocycles. The third-order valence-corrected chi connectivity index (χ3v) is 4.20. The van der Waals surface area contributed by atoms with Crippen molar-refractivity contribution in [3.05, 3.63) is 42.5 Å². The van der Waals surface area contributed by atoms with Crippen LogP contribution in [0, 0.1) is 0 Å². The number of methoxy groups -OCH3 is 1. The molecule has 1 fully saturated rings. The maximum atomic E-state index is 12.3. The molecule has 23 heavy (non-hydrogen) atoms. The molecule has 0 spiro atoms. The number of urea groups is 1. The highest BCUT2D eigenvalue weighted by Gasteiger charge is 2.21. The number of nitrogens with zero attached hydrogens (tertiary/aromatic N) is 2. The molecule has 1 aliphatic heterocycles. The first-order valence-corrected chi connectivity index (χ1v) is 8.10. The van der Waals surface area contributed by atoms with E-state index in [2.05, 4.69) is 16.8 Å². The Kier molecular flexibility index (Phi) is 6.47. The lowest BCUT2D eigenvalue weighted by Crippen LogP contribution is -2.48. The van der Waals surface area contributed by atoms with Crippen molar-refractivity contribution >= 4 is 6.03 Å². The number of likely N-dealkylation sites (tertiary alicyclic amines) is 1. The lowest BCUT2D eigenvalue weighted by atomic mass is 10.1. The second kappa shape index (κ2) is 8.58. The van der Waals surface area contributed by atoms with Gasteiger partial charge in [-0.2, -0.15) is 0 Å². The van der Waals surface area contributed by atoms with Gasteiger partial charge in [-0.25, -0.2) is 4.79 Å². The van der Waals surface area contributed by atoms with Gasteiger partial charge in [0.15, 0.2) is 0 Å². The fourth-order valence-corrected chi connectivity index (χ4v) is 2.84. The summed E-state index contributed by atoms with van der Waals surface area (Å²) >= 11 is 0. The fraction of sp³-hybridized carbons (Fsp3) is 0.500. The topological polar surface area (TPSA) is 44.8 Å². The van der Waals surface area contributed by atoms with Crippen LogP contribution in [-0.2, 0) is 6.54 Å². The van der Waals surface area contributed by atoms with E-state index in [0.717, 1.165) is 43.8 Å². The molecule has 5 heteroatoms. The van der Waals surface area contributed by atoms with Crippen LogP contribution in [0.4, 0.5) is 4.79 Å². The summed E-state index contributed by atoms with van der Waals surface area (Å²) in [6.45, 7) is 7.29. The van der Waals surface area contributed by atoms with Gasteiger partial charge < -0.3 is 15.0 Å². The molecule has 0 aromatic heterocycles. The largest absolute Gasteiger partial charge is 0.497 e. The summed E-state index contributed by atoms with van der Waals surface area (Å²) in [5.74, 6) is 0.811. The molecule has 1 aliphatic rings. The van der Waals surface area contributed by atoms with Gasteiger partial charge in [-0.1, -0.05) is 18.2 Å². The van der Waals surface area contributed by atoms with Gasteiger partial charge in [0.2, 0.25) is 0 Å². The molecule has 1 aromatic rings. The predicted octanol–water partition coefficient (Wildman–Crippen LogP) is 2.49. The number of rotatable bonds is 6. The van der Waals surface area contributed by atoms with Crippen molar-refractivity contribution in [2.45, 2.75) is 25.4 Å². The van der Waals surface area contributed by atoms with Crippen LogP contribution in [-0.4, -0.2) is 55.7 Å². The quantitative estimate of drug-likeness (QED) is 0.820. The maximum Gasteiger partial charge on any atom is 0.317 e. The lowest BCUT2D eigenvalue weighted by molar-refractivity contribution is 0.183. The van der Waals surface area contributed by atoms with Crippen molar-refractivity contribution in [3.8, 4) is 5.75 Å². The highest BCUT2D eigenvalue weighted by atomic mass is 16.5. The standard InChI is InChI=1S/C18H27N3O2/c1-4-10-21-11-8-16(9-12-21)19-18(22)20(2)14-15-6-5-7-17(13-15)23-3/h4-7,13,16H,1,8-12,14H2,2-3H3,(H,19,22). The number of amides is 2. The third-order valence-electron chi connectivity index (χ3n) is 4.20. The molecule has 0 radical (unpaired) electrons. The van der Waals surface area contributed by atoms with Gasteiger partial charge in [0, 0.05) is 39.3 Å². The van der Waals surface area contributed by atoms with E-state index in [1.807, 2.05) is 37.4 Å². The third kappa shape index (κ3) is 5.28. The van der Waals surface area contributed by atoms with Crippen LogP contribution in [0.2, 0.25) is 0 Å². The van der Waals surface area contributed by atoms with E-state index in [-0.39, 0.29) is 12.1 Å². The van der Waals surface area contributed by atoms with Gasteiger partial charge in [0.1, 0.15) is 5.75 Å². The zero-order valence-corrected chi connectivity index (χ0v) is 14.1. The minimum Gasteiger partial charge on any atom is -0.497 e. The molecule has 0 atom stereocenters. The SMILES string of the molecule is C=CCN1CCC(NC(=O)N(C)Cc2cccc(OC)c2)CC1. The van der Waals surface area contributed by atoms with Crippen LogP contribution in [0.15, 0.2) is 36.9 Å². The Balaban J connectivity index is 1.80. The van der Waals surface area contributed by atoms with Gasteiger partial charge in [-0.15, -0.1) is 6.58 Å². The van der Waals surface area contributed by atoms with E-state index in [4.69, 9.17) is 4.74 Å². The number of hydrogen-bond acceptors (Lipinski definition) is 3. The van der Waals surface area contributed by atoms with Gasteiger partial charge in [0.25, 0.3) is 0 Å². The van der Waals surface area contributed by atoms with Crippen LogP contribution >= 0.6 is 0 Å². The highest BCUT2D eigenvalue weighted by molar-refractivity contribution is 5.74. The van der Waals surface area contributed by atoms with Crippen LogP contribution in [0.5, 0.6) is 5.75 Å². The van der Waals surface area contributed by atoms with E-state index in [1.165, 1.54) is 0 Å². The average molecular weight is 317 g/mol. The van der Waals surface area contributed by atoms with Gasteiger partial charge in [-0.05, 0) is 30.5 Å². The lowest BCUT2D eigenvalue weighted by Gasteiger charge is -2.32. The number of benzene rings is 1. The van der Waals surface area contributed by atoms with E-state index >= 15 is 0 Å². The Labute approximate surface area is 138 Å². The Bertz CT molecular complexity index is 525. The summed E-state index contributed by atoms with van der Waals surface area (Å²) in [6.07, 6.45) is 3.92. The first-order valence-electron chi connectivity index (χ1n) is 8.10. The van der Waals surface area contributed by atoms with Crippen molar-refractivity contribution in [1.29, 1.82) is 0 Å². The number of piperidine rings is 1. The minimum absolute atomic E-state index is 0.0185. The maximum absolute atomic E-state index is 12.3. The molecule has 0 saturated carbocycles. The number of carbonyl (C=O) groups is 1. The summed E-state index contributed by atoms with van der Waals surface area (Å²) in [4.78, 5) is 16.4. The summed E-state index contributed by atoms with van der Waals surface area (Å²) in [7, 11) is 3.47. The average Bonchev–Trinajstić information content (AvgIpc) is 2.57. The number of ether oxygens (including phenoxy) is 1. The second-order valence-corrected chi connectivity index (χ2v) is 6.02. The Morgan fingerprint density at radius 3 is 2.87 bits per heavy atom. The van der Waals surface area contributed by atoms with Gasteiger partial charge >= 0.3 is 6.03 Å². The zero-order chi connectivity index (χ0) is 16.7. The predicted molar refractivity (Wildman–Crippen MR) is 92.7 cm³/mol. The van der Waals surface area contributed by atoms with E-state index in [1.54, 1.807) is 12.0 Å². The van der Waals surface area contributed by atoms with Crippen LogP contribution in [0.25, 0.3) is 0 Å². The molecule has 2 rings (SSSR count). The van der Waals surface area contributed by atoms with Crippen LogP contribution < -0.4 is 10.1 Å². The van der Waals surface area contributed by atoms with E-state index < -0.39 is 0 Å². The molecule has 0 bridgehead atoms. The summed E-state index contributed by atoms with van der Waals surface area (Å²) < 4.78 is 5.22. The number of carbonyl (C=O) groups excluding carboxylic acids is 1. The van der Waals surface area contributed by atoms with Crippen LogP contribution in [0.3, 0.4) is 0 Å². The van der Waals surface area contributed by atoms with Crippen molar-refractivity contribution in [1.82, 2.24) is 15.1 Å². The Morgan fingerprint density at radius 1 is 1.48 bits per heavy atom. The van der Waals surface area contributed by atoms with Crippen LogP contribution in [0.1, 0.15) is 18.4 Å². The van der Waals surface area contributed by atoms with Gasteiger partial charge in [-0.3, -0.25) is 4.90 Å². The normalized spacial score (nSPS) is 15.9. The molecule has 0 unspecified atom stereocenters. The first-order chi connectivity index (χ1) is 11.1. The summed E-state index contributed by atoms with van der Waals surface area (Å²) in [5.41, 5.74) is 1.06. The van der Waals surface area contributed by atoms with E-state index in [9.17, 15) is 4.79 Å². The molecule has 2 amide bonds. The highest BCUT2D eigenvalue weighted by Crippen LogP contribution is 2.14. The monoisotopic (exact) mass is 317 g/mol. The van der Waals surface area contributed by atoms with E-state index in [0.29, 0.717) is 6.54 Å². The first kappa shape index (κ1) is 17.3. The number of hydrogen-bond donors (Lipinski definition) is 1. The molecule has 5 nitrogen and oxygen atoms in total. The molecule has 1 N–H and O–H groups in total. The smallest absolute Gasteiger partial charge is 0.317 e. The van der Waals surface area contributed by atoms with Gasteiger partial charge in [0.05, 0.1) is 7.11 Å². The van der Waals surface area contributed by atoms with Crippen molar-refractivity contribution in [2.75, 3.05) is 33.8 Å². The molecular formula is C18H27N3O2. The molecule has 1 aromatic carbocycles. The van der Waals surface area contributed by atoms with Crippen molar-refractivity contribution in [3.63, 3.8) is 0 Å². The van der Waals surface area contributed by atoms with Crippen molar-refractivity contribution in [2.24, 2.45) is 0 Å². The molecule has 126 valence electrons. The second-order valence-electron chi connectivity index (χ2n) is 6.02. The summed E-state index contributed by atoms with van der Waals surface area (Å²) in [5, 5.41) is 3.13. The zero-order valence-electron chi connectivity index (χ0n) is 14.1. The minimum atomic E-state index is -0.0185. The molecule has 0 aliphatic carbocycles. The molecular weight excluding hydrogens is 290 g/mol. The fourth-order valence-electron chi connectivity index (χ4n) is 2.84. The Morgan fingerprint density at radius 2 is 2.22 bits per heavy atom. The summed E-state index contributed by atoms with van der Waals surface area (Å²) in [6, 6.07) is 8.04. The van der Waals surface area contributed by atoms with Crippen molar-refractivity contribution < 1.29 is 9.53 Å². The Hall–Kier alpha value is -2.01.